The van der Waals surface area contributed by atoms with E-state index in [1.54, 1.807) is 0 Å². The van der Waals surface area contributed by atoms with Gasteiger partial charge in [0.25, 0.3) is 0 Å². The van der Waals surface area contributed by atoms with Gasteiger partial charge in [-0.2, -0.15) is 6.07 Å². The van der Waals surface area contributed by atoms with Gasteiger partial charge in [0.15, 0.2) is 0 Å². The van der Waals surface area contributed by atoms with Gasteiger partial charge in [-0.25, -0.2) is 4.98 Å². The minimum Gasteiger partial charge on any atom is -0.511 e. The van der Waals surface area contributed by atoms with E-state index in [2.05, 4.69) is 186 Å². The minimum absolute atomic E-state index is 0. The fraction of sp³-hybridized carbons (Fsp3) is 0.368. The molecule has 3 aliphatic rings. The van der Waals surface area contributed by atoms with E-state index in [1.807, 2.05) is 6.20 Å². The molecule has 1 aliphatic carbocycles. The Labute approximate surface area is 388 Å². The average molecular weight is 1010 g/mol. The summed E-state index contributed by atoms with van der Waals surface area (Å²) in [5.74, 6) is 3.42. The van der Waals surface area contributed by atoms with Crippen LogP contribution in [0.25, 0.3) is 38.8 Å². The van der Waals surface area contributed by atoms with E-state index in [4.69, 9.17) is 19.5 Å². The molecule has 6 heteroatoms. The molecule has 0 bridgehead atoms. The molecule has 4 heterocycles. The predicted octanol–water partition coefficient (Wildman–Crippen LogP) is 14.4. The Bertz CT molecular complexity index is 3060. The SMILES string of the molecule is Cc1cc2c3cc(C(C)(C)C)cc4c3n(c2[c-]c1Oc1[c-]c(C2=N[C@]3(C)c5ccc(C)c(C)c5C[C@]3(C)O2)cc(-c2c(C(C)C)cccc2C(C)C)c1)-c1ncccc1C4(C)C.[Pt+2]. The Morgan fingerprint density at radius 3 is 2.17 bits per heavy atom. The summed E-state index contributed by atoms with van der Waals surface area (Å²) in [6, 6.07) is 34.5. The van der Waals surface area contributed by atoms with E-state index < -0.39 is 11.1 Å². The Kier molecular flexibility index (Phi) is 9.97. The molecule has 2 aliphatic heterocycles. The minimum atomic E-state index is -0.543. The maximum atomic E-state index is 7.11. The van der Waals surface area contributed by atoms with Crippen LogP contribution in [0.1, 0.15) is 149 Å². The van der Waals surface area contributed by atoms with E-state index in [9.17, 15) is 0 Å². The first-order valence-corrected chi connectivity index (χ1v) is 22.5. The second-order valence-corrected chi connectivity index (χ2v) is 21.0. The van der Waals surface area contributed by atoms with E-state index in [0.29, 0.717) is 29.2 Å². The molecular formula is C57H59N3O2Pt. The van der Waals surface area contributed by atoms with Crippen LogP contribution in [0.15, 0.2) is 84.0 Å². The van der Waals surface area contributed by atoms with Gasteiger partial charge in [0, 0.05) is 40.6 Å². The van der Waals surface area contributed by atoms with E-state index >= 15 is 0 Å². The molecule has 63 heavy (non-hydrogen) atoms. The van der Waals surface area contributed by atoms with Crippen LogP contribution in [-0.2, 0) is 48.6 Å². The average Bonchev–Trinajstić information content (AvgIpc) is 3.76. The van der Waals surface area contributed by atoms with Gasteiger partial charge < -0.3 is 14.0 Å². The fourth-order valence-corrected chi connectivity index (χ4v) is 10.7. The first-order valence-electron chi connectivity index (χ1n) is 22.5. The van der Waals surface area contributed by atoms with Gasteiger partial charge in [-0.1, -0.05) is 147 Å². The topological polar surface area (TPSA) is 48.6 Å². The summed E-state index contributed by atoms with van der Waals surface area (Å²) in [6.07, 6.45) is 2.70. The summed E-state index contributed by atoms with van der Waals surface area (Å²) in [4.78, 5) is 10.5. The Morgan fingerprint density at radius 1 is 0.778 bits per heavy atom. The number of aliphatic imine (C=N–C) groups is 1. The van der Waals surface area contributed by atoms with Crippen molar-refractivity contribution in [3.8, 4) is 28.4 Å². The number of hydrogen-bond donors (Lipinski definition) is 0. The van der Waals surface area contributed by atoms with Crippen molar-refractivity contribution in [2.75, 3.05) is 0 Å². The normalized spacial score (nSPS) is 19.5. The quantitative estimate of drug-likeness (QED) is 0.156. The van der Waals surface area contributed by atoms with Gasteiger partial charge in [-0.3, -0.25) is 4.99 Å². The number of aromatic nitrogens is 2. The van der Waals surface area contributed by atoms with Crippen molar-refractivity contribution in [3.63, 3.8) is 0 Å². The van der Waals surface area contributed by atoms with Gasteiger partial charge >= 0.3 is 21.1 Å². The maximum absolute atomic E-state index is 7.11. The third kappa shape index (κ3) is 6.34. The largest absolute Gasteiger partial charge is 2.00 e. The van der Waals surface area contributed by atoms with E-state index in [-0.39, 0.29) is 31.9 Å². The second-order valence-electron chi connectivity index (χ2n) is 21.0. The summed E-state index contributed by atoms with van der Waals surface area (Å²) in [5.41, 5.74) is 16.5. The smallest absolute Gasteiger partial charge is 0.511 e. The molecule has 0 N–H and O–H groups in total. The molecular weight excluding hydrogens is 954 g/mol. The Balaban J connectivity index is 0.00000504. The van der Waals surface area contributed by atoms with Crippen LogP contribution < -0.4 is 4.74 Å². The van der Waals surface area contributed by atoms with Crippen LogP contribution in [0.4, 0.5) is 0 Å². The van der Waals surface area contributed by atoms with Crippen molar-refractivity contribution in [2.45, 2.75) is 137 Å². The standard InChI is InChI=1S/C57H59N3O2.Pt/c1-31(2)40-17-15-18-41(32(3)4)50(40)36-24-37(53-59-57(14)45-21-20-33(5)35(7)44(45)30-56(57,13)62-53)26-39(25-36)61-49-29-48-42(23-34(49)6)43-27-38(54(8,9)10)28-47-51(43)60(48)52-46(55(47,11)12)19-16-22-58-52;/h15-25,27-28,31-32H,30H2,1-14H3;/q-2;+2/t56-,57+;/m0./s1. The van der Waals surface area contributed by atoms with Crippen LogP contribution in [0.5, 0.6) is 11.5 Å². The summed E-state index contributed by atoms with van der Waals surface area (Å²) < 4.78 is 16.5. The number of rotatable bonds is 6. The molecule has 324 valence electrons. The molecule has 0 unspecified atom stereocenters. The maximum Gasteiger partial charge on any atom is 2.00 e. The van der Waals surface area contributed by atoms with Gasteiger partial charge in [-0.05, 0) is 106 Å². The summed E-state index contributed by atoms with van der Waals surface area (Å²) in [5, 5.41) is 2.36. The van der Waals surface area contributed by atoms with Crippen LogP contribution >= 0.6 is 0 Å². The third-order valence-electron chi connectivity index (χ3n) is 14.8. The third-order valence-corrected chi connectivity index (χ3v) is 14.8. The van der Waals surface area contributed by atoms with Gasteiger partial charge in [0.1, 0.15) is 22.9 Å². The predicted molar refractivity (Wildman–Crippen MR) is 255 cm³/mol. The molecule has 2 atom stereocenters. The molecule has 5 aromatic carbocycles. The molecule has 2 aromatic heterocycles. The van der Waals surface area contributed by atoms with Crippen molar-refractivity contribution < 1.29 is 30.5 Å². The molecule has 5 nitrogen and oxygen atoms in total. The summed E-state index contributed by atoms with van der Waals surface area (Å²) in [7, 11) is 0. The second kappa shape index (κ2) is 14.5. The Morgan fingerprint density at radius 2 is 1.49 bits per heavy atom. The van der Waals surface area contributed by atoms with Crippen molar-refractivity contribution in [1.82, 2.24) is 9.55 Å². The number of pyridine rings is 1. The first kappa shape index (κ1) is 43.3. The van der Waals surface area contributed by atoms with Crippen molar-refractivity contribution in [1.29, 1.82) is 0 Å². The van der Waals surface area contributed by atoms with Gasteiger partial charge in [-0.15, -0.1) is 23.1 Å². The number of fused-ring (bicyclic) bond motifs is 8. The molecule has 0 saturated heterocycles. The number of nitrogens with zero attached hydrogens (tertiary/aromatic N) is 3. The van der Waals surface area contributed by atoms with E-state index in [0.717, 1.165) is 39.8 Å². The summed E-state index contributed by atoms with van der Waals surface area (Å²) >= 11 is 0. The van der Waals surface area contributed by atoms with Crippen molar-refractivity contribution >= 4 is 27.7 Å². The fourth-order valence-electron chi connectivity index (χ4n) is 10.7. The molecule has 0 radical (unpaired) electrons. The Hall–Kier alpha value is -4.99. The molecule has 7 aromatic rings. The van der Waals surface area contributed by atoms with Gasteiger partial charge in [0.2, 0.25) is 0 Å². The van der Waals surface area contributed by atoms with Crippen molar-refractivity contribution in [3.05, 3.63) is 152 Å². The zero-order valence-electron chi connectivity index (χ0n) is 39.3. The number of ether oxygens (including phenoxy) is 2. The van der Waals surface area contributed by atoms with Crippen LogP contribution in [-0.4, -0.2) is 21.0 Å². The molecule has 0 spiro atoms. The van der Waals surface area contributed by atoms with Crippen molar-refractivity contribution in [2.24, 2.45) is 4.99 Å². The van der Waals surface area contributed by atoms with Crippen LogP contribution in [0, 0.1) is 32.9 Å². The van der Waals surface area contributed by atoms with Crippen LogP contribution in [0.3, 0.4) is 0 Å². The van der Waals surface area contributed by atoms with E-state index in [1.165, 1.54) is 66.5 Å². The monoisotopic (exact) mass is 1010 g/mol. The number of aryl methyl sites for hydroxylation is 2. The molecule has 0 fully saturated rings. The first-order chi connectivity index (χ1) is 29.2. The molecule has 10 rings (SSSR count). The number of benzene rings is 5. The van der Waals surface area contributed by atoms with Crippen LogP contribution in [0.2, 0.25) is 0 Å². The zero-order valence-corrected chi connectivity index (χ0v) is 41.6. The molecule has 0 amide bonds. The summed E-state index contributed by atoms with van der Waals surface area (Å²) in [6.45, 7) is 31.6. The zero-order chi connectivity index (χ0) is 44.0. The number of hydrogen-bond acceptors (Lipinski definition) is 4. The molecule has 0 saturated carbocycles. The van der Waals surface area contributed by atoms with Gasteiger partial charge in [0.05, 0.1) is 0 Å².